The van der Waals surface area contributed by atoms with Crippen LogP contribution in [0.5, 0.6) is 0 Å². The molecule has 0 unspecified atom stereocenters. The highest BCUT2D eigenvalue weighted by molar-refractivity contribution is 5.96. The minimum absolute atomic E-state index is 0.0834. The van der Waals surface area contributed by atoms with Gasteiger partial charge in [0.1, 0.15) is 5.69 Å². The van der Waals surface area contributed by atoms with E-state index in [4.69, 9.17) is 4.74 Å². The van der Waals surface area contributed by atoms with Crippen molar-refractivity contribution >= 4 is 17.3 Å². The third-order valence-corrected chi connectivity index (χ3v) is 4.13. The van der Waals surface area contributed by atoms with E-state index in [9.17, 15) is 14.9 Å². The minimum Gasteiger partial charge on any atom is -0.378 e. The number of carbonyl (C=O) groups is 1. The number of ether oxygens (including phenoxy) is 1. The van der Waals surface area contributed by atoms with E-state index in [1.165, 1.54) is 6.07 Å². The fraction of sp³-hybridized carbons (Fsp3) is 0.250. The second-order valence-corrected chi connectivity index (χ2v) is 5.91. The van der Waals surface area contributed by atoms with Gasteiger partial charge in [-0.15, -0.1) is 0 Å². The maximum atomic E-state index is 12.3. The van der Waals surface area contributed by atoms with Crippen LogP contribution in [0.2, 0.25) is 0 Å². The molecule has 0 aliphatic carbocycles. The molecular weight excluding hydrogens is 346 g/mol. The van der Waals surface area contributed by atoms with Gasteiger partial charge in [0, 0.05) is 30.3 Å². The second kappa shape index (κ2) is 8.83. The third kappa shape index (κ3) is 4.84. The molecule has 1 fully saturated rings. The first-order valence-corrected chi connectivity index (χ1v) is 8.58. The van der Waals surface area contributed by atoms with Crippen molar-refractivity contribution in [2.24, 2.45) is 0 Å². The number of hydrogen-bond acceptors (Lipinski definition) is 5. The van der Waals surface area contributed by atoms with Gasteiger partial charge in [-0.1, -0.05) is 30.0 Å². The van der Waals surface area contributed by atoms with Crippen molar-refractivity contribution < 1.29 is 14.5 Å². The Morgan fingerprint density at radius 1 is 1.19 bits per heavy atom. The molecule has 0 saturated carbocycles. The predicted octanol–water partition coefficient (Wildman–Crippen LogP) is 2.21. The van der Waals surface area contributed by atoms with Crippen LogP contribution >= 0.6 is 0 Å². The largest absolute Gasteiger partial charge is 0.378 e. The summed E-state index contributed by atoms with van der Waals surface area (Å²) in [4.78, 5) is 25.2. The summed E-state index contributed by atoms with van der Waals surface area (Å²) < 4.78 is 5.28. The van der Waals surface area contributed by atoms with E-state index in [1.807, 2.05) is 35.2 Å². The number of nitro groups is 1. The van der Waals surface area contributed by atoms with Gasteiger partial charge in [0.15, 0.2) is 0 Å². The number of amides is 1. The standard InChI is InChI=1S/C20H19N3O4/c24-20(21-10-4-7-16-5-2-1-3-6-16)17-8-9-18(19(15-17)23(25)26)22-11-13-27-14-12-22/h1-3,5-6,8-9,15H,10-14H2,(H,21,24). The van der Waals surface area contributed by atoms with E-state index in [1.54, 1.807) is 12.1 Å². The first-order chi connectivity index (χ1) is 13.1. The molecule has 2 aromatic carbocycles. The zero-order chi connectivity index (χ0) is 19.1. The number of carbonyl (C=O) groups excluding carboxylic acids is 1. The van der Waals surface area contributed by atoms with E-state index in [0.717, 1.165) is 5.56 Å². The number of hydrogen-bond donors (Lipinski definition) is 1. The number of nitrogens with one attached hydrogen (secondary N) is 1. The second-order valence-electron chi connectivity index (χ2n) is 5.91. The van der Waals surface area contributed by atoms with Gasteiger partial charge >= 0.3 is 0 Å². The van der Waals surface area contributed by atoms with Gasteiger partial charge in [0.05, 0.1) is 24.7 Å². The van der Waals surface area contributed by atoms with Crippen LogP contribution in [0.15, 0.2) is 48.5 Å². The van der Waals surface area contributed by atoms with E-state index < -0.39 is 10.8 Å². The number of benzene rings is 2. The van der Waals surface area contributed by atoms with Crippen molar-refractivity contribution in [2.45, 2.75) is 0 Å². The van der Waals surface area contributed by atoms with Crippen LogP contribution in [0.25, 0.3) is 0 Å². The zero-order valence-electron chi connectivity index (χ0n) is 14.7. The first kappa shape index (κ1) is 18.4. The van der Waals surface area contributed by atoms with Crippen LogP contribution < -0.4 is 10.2 Å². The molecular formula is C20H19N3O4. The molecule has 1 saturated heterocycles. The molecule has 0 atom stereocenters. The van der Waals surface area contributed by atoms with Crippen molar-refractivity contribution in [1.82, 2.24) is 5.32 Å². The number of rotatable bonds is 4. The molecule has 1 amide bonds. The topological polar surface area (TPSA) is 84.7 Å². The number of nitro benzene ring substituents is 1. The lowest BCUT2D eigenvalue weighted by atomic mass is 10.1. The van der Waals surface area contributed by atoms with Crippen molar-refractivity contribution in [3.8, 4) is 11.8 Å². The Labute approximate surface area is 157 Å². The average Bonchev–Trinajstić information content (AvgIpc) is 2.72. The molecule has 1 heterocycles. The monoisotopic (exact) mass is 365 g/mol. The Morgan fingerprint density at radius 3 is 2.63 bits per heavy atom. The van der Waals surface area contributed by atoms with Crippen LogP contribution in [0, 0.1) is 22.0 Å². The first-order valence-electron chi connectivity index (χ1n) is 8.58. The molecule has 0 bridgehead atoms. The zero-order valence-corrected chi connectivity index (χ0v) is 14.7. The van der Waals surface area contributed by atoms with Gasteiger partial charge in [-0.25, -0.2) is 0 Å². The molecule has 1 N–H and O–H groups in total. The van der Waals surface area contributed by atoms with E-state index in [2.05, 4.69) is 17.2 Å². The van der Waals surface area contributed by atoms with Crippen molar-refractivity contribution in [1.29, 1.82) is 0 Å². The predicted molar refractivity (Wildman–Crippen MR) is 102 cm³/mol. The van der Waals surface area contributed by atoms with Crippen molar-refractivity contribution in [3.63, 3.8) is 0 Å². The lowest BCUT2D eigenvalue weighted by molar-refractivity contribution is -0.384. The van der Waals surface area contributed by atoms with Gasteiger partial charge in [0.25, 0.3) is 11.6 Å². The SMILES string of the molecule is O=C(NCC#Cc1ccccc1)c1ccc(N2CCOCC2)c([N+](=O)[O-])c1. The molecule has 27 heavy (non-hydrogen) atoms. The highest BCUT2D eigenvalue weighted by Crippen LogP contribution is 2.29. The molecule has 0 radical (unpaired) electrons. The molecule has 1 aliphatic heterocycles. The van der Waals surface area contributed by atoms with Crippen LogP contribution in [0.3, 0.4) is 0 Å². The van der Waals surface area contributed by atoms with Gasteiger partial charge in [-0.3, -0.25) is 14.9 Å². The van der Waals surface area contributed by atoms with E-state index >= 15 is 0 Å². The van der Waals surface area contributed by atoms with Crippen LogP contribution in [0.1, 0.15) is 15.9 Å². The maximum Gasteiger partial charge on any atom is 0.293 e. The number of nitrogens with zero attached hydrogens (tertiary/aromatic N) is 2. The summed E-state index contributed by atoms with van der Waals surface area (Å²) in [6.45, 7) is 2.38. The average molecular weight is 365 g/mol. The van der Waals surface area contributed by atoms with Gasteiger partial charge in [0.2, 0.25) is 0 Å². The number of anilines is 1. The maximum absolute atomic E-state index is 12.3. The lowest BCUT2D eigenvalue weighted by Crippen LogP contribution is -2.36. The Bertz CT molecular complexity index is 881. The Balaban J connectivity index is 1.68. The number of morpholine rings is 1. The Kier molecular flexibility index (Phi) is 6.02. The fourth-order valence-corrected chi connectivity index (χ4v) is 2.78. The van der Waals surface area contributed by atoms with Gasteiger partial charge in [-0.2, -0.15) is 0 Å². The van der Waals surface area contributed by atoms with E-state index in [0.29, 0.717) is 32.0 Å². The minimum atomic E-state index is -0.462. The summed E-state index contributed by atoms with van der Waals surface area (Å²) in [6.07, 6.45) is 0. The molecule has 138 valence electrons. The highest BCUT2D eigenvalue weighted by Gasteiger charge is 2.23. The van der Waals surface area contributed by atoms with Crippen LogP contribution in [-0.2, 0) is 4.74 Å². The highest BCUT2D eigenvalue weighted by atomic mass is 16.6. The van der Waals surface area contributed by atoms with Gasteiger partial charge in [-0.05, 0) is 24.3 Å². The lowest BCUT2D eigenvalue weighted by Gasteiger charge is -2.28. The molecule has 7 nitrogen and oxygen atoms in total. The Morgan fingerprint density at radius 2 is 1.93 bits per heavy atom. The fourth-order valence-electron chi connectivity index (χ4n) is 2.78. The molecule has 0 aromatic heterocycles. The summed E-state index contributed by atoms with van der Waals surface area (Å²) in [7, 11) is 0. The summed E-state index contributed by atoms with van der Waals surface area (Å²) >= 11 is 0. The molecule has 2 aromatic rings. The summed E-state index contributed by atoms with van der Waals surface area (Å²) in [5.41, 5.74) is 1.51. The van der Waals surface area contributed by atoms with Crippen LogP contribution in [0.4, 0.5) is 11.4 Å². The quantitative estimate of drug-likeness (QED) is 0.510. The van der Waals surface area contributed by atoms with Gasteiger partial charge < -0.3 is 15.0 Å². The molecule has 3 rings (SSSR count). The Hall–Kier alpha value is -3.37. The van der Waals surface area contributed by atoms with Crippen LogP contribution in [-0.4, -0.2) is 43.7 Å². The normalized spacial score (nSPS) is 13.4. The third-order valence-electron chi connectivity index (χ3n) is 4.13. The molecule has 0 spiro atoms. The molecule has 1 aliphatic rings. The van der Waals surface area contributed by atoms with E-state index in [-0.39, 0.29) is 17.8 Å². The smallest absolute Gasteiger partial charge is 0.293 e. The van der Waals surface area contributed by atoms with Crippen molar-refractivity contribution in [2.75, 3.05) is 37.7 Å². The van der Waals surface area contributed by atoms with Crippen molar-refractivity contribution in [3.05, 3.63) is 69.8 Å². The summed E-state index contributed by atoms with van der Waals surface area (Å²) in [6, 6.07) is 14.0. The molecule has 7 heteroatoms. The summed E-state index contributed by atoms with van der Waals surface area (Å²) in [5, 5.41) is 14.1. The summed E-state index contributed by atoms with van der Waals surface area (Å²) in [5.74, 6) is 5.41.